The second kappa shape index (κ2) is 7.82. The number of benzene rings is 2. The van der Waals surface area contributed by atoms with Crippen LogP contribution in [-0.2, 0) is 13.1 Å². The molecule has 1 aromatic heterocycles. The van der Waals surface area contributed by atoms with Crippen LogP contribution in [0.1, 0.15) is 23.1 Å². The number of imidazole rings is 1. The van der Waals surface area contributed by atoms with Gasteiger partial charge in [-0.25, -0.2) is 4.98 Å². The molecule has 0 spiro atoms. The van der Waals surface area contributed by atoms with Crippen LogP contribution >= 0.6 is 22.6 Å². The average molecular weight is 445 g/mol. The number of aromatic nitrogens is 2. The number of amides is 1. The van der Waals surface area contributed by atoms with E-state index in [0.29, 0.717) is 18.7 Å². The minimum atomic E-state index is -0.00637. The Hall–Kier alpha value is -2.15. The van der Waals surface area contributed by atoms with Gasteiger partial charge in [-0.15, -0.1) is 6.58 Å². The summed E-state index contributed by atoms with van der Waals surface area (Å²) in [7, 11) is 0. The van der Waals surface area contributed by atoms with Gasteiger partial charge in [0, 0.05) is 22.2 Å². The molecule has 0 aliphatic rings. The Labute approximate surface area is 161 Å². The fraction of sp³-hybridized carbons (Fsp3) is 0.200. The van der Waals surface area contributed by atoms with Gasteiger partial charge in [-0.3, -0.25) is 4.79 Å². The SMILES string of the molecule is C=CCN(Cc1nc2ccccc2n1CC)C(=O)c1cccc(I)c1. The molecule has 2 aromatic carbocycles. The zero-order chi connectivity index (χ0) is 17.8. The molecule has 0 aliphatic heterocycles. The number of halogens is 1. The molecule has 0 aliphatic carbocycles. The van der Waals surface area contributed by atoms with Crippen molar-refractivity contribution in [2.45, 2.75) is 20.0 Å². The van der Waals surface area contributed by atoms with Crippen molar-refractivity contribution in [2.24, 2.45) is 0 Å². The van der Waals surface area contributed by atoms with Gasteiger partial charge in [0.2, 0.25) is 0 Å². The lowest BCUT2D eigenvalue weighted by molar-refractivity contribution is 0.0757. The highest BCUT2D eigenvalue weighted by molar-refractivity contribution is 14.1. The van der Waals surface area contributed by atoms with Gasteiger partial charge in [0.1, 0.15) is 5.82 Å². The summed E-state index contributed by atoms with van der Waals surface area (Å²) in [5, 5.41) is 0. The van der Waals surface area contributed by atoms with Crippen molar-refractivity contribution in [2.75, 3.05) is 6.54 Å². The fourth-order valence-corrected chi connectivity index (χ4v) is 3.49. The summed E-state index contributed by atoms with van der Waals surface area (Å²) in [5.41, 5.74) is 2.74. The van der Waals surface area contributed by atoms with E-state index in [1.807, 2.05) is 42.5 Å². The van der Waals surface area contributed by atoms with E-state index >= 15 is 0 Å². The summed E-state index contributed by atoms with van der Waals surface area (Å²) in [6, 6.07) is 15.7. The molecule has 1 amide bonds. The number of rotatable bonds is 6. The van der Waals surface area contributed by atoms with Crippen LogP contribution in [0.25, 0.3) is 11.0 Å². The molecule has 0 saturated carbocycles. The Morgan fingerprint density at radius 1 is 1.28 bits per heavy atom. The smallest absolute Gasteiger partial charge is 0.254 e. The Kier molecular flexibility index (Phi) is 5.53. The van der Waals surface area contributed by atoms with Gasteiger partial charge in [0.05, 0.1) is 17.6 Å². The number of carbonyl (C=O) groups excluding carboxylic acids is 1. The average Bonchev–Trinajstić information content (AvgIpc) is 2.97. The number of hydrogen-bond donors (Lipinski definition) is 0. The van der Waals surface area contributed by atoms with Gasteiger partial charge in [-0.2, -0.15) is 0 Å². The third-order valence-corrected chi connectivity index (χ3v) is 4.76. The minimum absolute atomic E-state index is 0.00637. The maximum absolute atomic E-state index is 12.9. The van der Waals surface area contributed by atoms with Gasteiger partial charge in [-0.1, -0.05) is 24.3 Å². The predicted octanol–water partition coefficient (Wildman–Crippen LogP) is 4.49. The first-order valence-electron chi connectivity index (χ1n) is 8.24. The summed E-state index contributed by atoms with van der Waals surface area (Å²) < 4.78 is 3.20. The Bertz CT molecular complexity index is 916. The van der Waals surface area contributed by atoms with Gasteiger partial charge in [-0.05, 0) is 59.8 Å². The van der Waals surface area contributed by atoms with Gasteiger partial charge in [0.15, 0.2) is 0 Å². The molecule has 0 saturated heterocycles. The number of para-hydroxylation sites is 2. The maximum atomic E-state index is 12.9. The molecule has 0 radical (unpaired) electrons. The highest BCUT2D eigenvalue weighted by Crippen LogP contribution is 2.18. The van der Waals surface area contributed by atoms with Crippen LogP contribution in [0.5, 0.6) is 0 Å². The number of nitrogens with zero attached hydrogens (tertiary/aromatic N) is 3. The minimum Gasteiger partial charge on any atom is -0.327 e. The van der Waals surface area contributed by atoms with Gasteiger partial charge < -0.3 is 9.47 Å². The fourth-order valence-electron chi connectivity index (χ4n) is 2.95. The van der Waals surface area contributed by atoms with Crippen LogP contribution in [0, 0.1) is 3.57 Å². The number of hydrogen-bond acceptors (Lipinski definition) is 2. The van der Waals surface area contributed by atoms with Crippen molar-refractivity contribution in [3.63, 3.8) is 0 Å². The van der Waals surface area contributed by atoms with Crippen molar-refractivity contribution in [1.29, 1.82) is 0 Å². The lowest BCUT2D eigenvalue weighted by Gasteiger charge is -2.21. The molecule has 3 aromatic rings. The van der Waals surface area contributed by atoms with Crippen molar-refractivity contribution in [1.82, 2.24) is 14.5 Å². The van der Waals surface area contributed by atoms with E-state index in [2.05, 4.69) is 46.7 Å². The van der Waals surface area contributed by atoms with E-state index < -0.39 is 0 Å². The topological polar surface area (TPSA) is 38.1 Å². The molecule has 5 heteroatoms. The van der Waals surface area contributed by atoms with Crippen LogP contribution < -0.4 is 0 Å². The summed E-state index contributed by atoms with van der Waals surface area (Å²) in [5.74, 6) is 0.887. The van der Waals surface area contributed by atoms with Crippen molar-refractivity contribution in [3.8, 4) is 0 Å². The second-order valence-corrected chi connectivity index (χ2v) is 6.99. The summed E-state index contributed by atoms with van der Waals surface area (Å²) in [4.78, 5) is 19.5. The quantitative estimate of drug-likeness (QED) is 0.414. The largest absolute Gasteiger partial charge is 0.327 e. The number of aryl methyl sites for hydroxylation is 1. The first-order valence-corrected chi connectivity index (χ1v) is 9.31. The van der Waals surface area contributed by atoms with Crippen molar-refractivity contribution in [3.05, 3.63) is 76.1 Å². The first-order chi connectivity index (χ1) is 12.1. The zero-order valence-electron chi connectivity index (χ0n) is 14.2. The van der Waals surface area contributed by atoms with E-state index in [1.165, 1.54) is 0 Å². The van der Waals surface area contributed by atoms with Gasteiger partial charge >= 0.3 is 0 Å². The molecule has 0 N–H and O–H groups in total. The molecule has 0 bridgehead atoms. The lowest BCUT2D eigenvalue weighted by atomic mass is 10.2. The number of carbonyl (C=O) groups is 1. The normalized spacial score (nSPS) is 10.8. The van der Waals surface area contributed by atoms with Crippen LogP contribution in [0.4, 0.5) is 0 Å². The van der Waals surface area contributed by atoms with Gasteiger partial charge in [0.25, 0.3) is 5.91 Å². The van der Waals surface area contributed by atoms with Crippen molar-refractivity contribution < 1.29 is 4.79 Å². The second-order valence-electron chi connectivity index (χ2n) is 5.75. The van der Waals surface area contributed by atoms with Crippen LogP contribution in [0.2, 0.25) is 0 Å². The van der Waals surface area contributed by atoms with E-state index in [9.17, 15) is 4.79 Å². The molecule has 3 rings (SSSR count). The predicted molar refractivity (Wildman–Crippen MR) is 110 cm³/mol. The Morgan fingerprint density at radius 3 is 2.80 bits per heavy atom. The highest BCUT2D eigenvalue weighted by Gasteiger charge is 2.19. The molecule has 25 heavy (non-hydrogen) atoms. The highest BCUT2D eigenvalue weighted by atomic mass is 127. The van der Waals surface area contributed by atoms with E-state index in [4.69, 9.17) is 4.98 Å². The number of fused-ring (bicyclic) bond motifs is 1. The van der Waals surface area contributed by atoms with Crippen molar-refractivity contribution >= 4 is 39.5 Å². The Morgan fingerprint density at radius 2 is 2.08 bits per heavy atom. The molecule has 4 nitrogen and oxygen atoms in total. The summed E-state index contributed by atoms with van der Waals surface area (Å²) >= 11 is 2.22. The molecule has 0 fully saturated rings. The van der Waals surface area contributed by atoms with Crippen LogP contribution in [0.15, 0.2) is 61.2 Å². The van der Waals surface area contributed by atoms with E-state index in [0.717, 1.165) is 27.0 Å². The first kappa shape index (κ1) is 17.7. The molecule has 0 atom stereocenters. The van der Waals surface area contributed by atoms with E-state index in [-0.39, 0.29) is 5.91 Å². The molecule has 128 valence electrons. The molecule has 1 heterocycles. The summed E-state index contributed by atoms with van der Waals surface area (Å²) in [6.45, 7) is 7.65. The molecular weight excluding hydrogens is 425 g/mol. The standard InChI is InChI=1S/C20H20IN3O/c1-3-12-23(20(25)15-8-7-9-16(21)13-15)14-19-22-17-10-5-6-11-18(17)24(19)4-2/h3,5-11,13H,1,4,12,14H2,2H3. The maximum Gasteiger partial charge on any atom is 0.254 e. The van der Waals surface area contributed by atoms with Crippen LogP contribution in [0.3, 0.4) is 0 Å². The lowest BCUT2D eigenvalue weighted by Crippen LogP contribution is -2.32. The molecular formula is C20H20IN3O. The third-order valence-electron chi connectivity index (χ3n) is 4.09. The summed E-state index contributed by atoms with van der Waals surface area (Å²) in [6.07, 6.45) is 1.75. The third kappa shape index (κ3) is 3.76. The Balaban J connectivity index is 1.94. The monoisotopic (exact) mass is 445 g/mol. The van der Waals surface area contributed by atoms with Crippen LogP contribution in [-0.4, -0.2) is 26.9 Å². The van der Waals surface area contributed by atoms with E-state index in [1.54, 1.807) is 11.0 Å². The zero-order valence-corrected chi connectivity index (χ0v) is 16.3. The molecule has 0 unspecified atom stereocenters.